The first-order valence-corrected chi connectivity index (χ1v) is 6.18. The summed E-state index contributed by atoms with van der Waals surface area (Å²) in [5, 5.41) is 1.69. The Balaban J connectivity index is 2.53. The molecule has 0 unspecified atom stereocenters. The third-order valence-electron chi connectivity index (χ3n) is 2.57. The van der Waals surface area contributed by atoms with Crippen molar-refractivity contribution in [3.8, 4) is 0 Å². The standard InChI is InChI=1S/C13H9F3OS/c1-2-7-3-4-18-13(7)12(17)11-9(15)5-8(14)6-10(11)16/h3-6H,2H2,1H3. The van der Waals surface area contributed by atoms with E-state index in [0.717, 1.165) is 16.9 Å². The SMILES string of the molecule is CCc1ccsc1C(=O)c1c(F)cc(F)cc1F. The van der Waals surface area contributed by atoms with Crippen LogP contribution in [0.4, 0.5) is 13.2 Å². The van der Waals surface area contributed by atoms with Gasteiger partial charge in [0.25, 0.3) is 0 Å². The van der Waals surface area contributed by atoms with Crippen LogP contribution in [0.5, 0.6) is 0 Å². The van der Waals surface area contributed by atoms with Gasteiger partial charge in [0.05, 0.1) is 10.4 Å². The maximum Gasteiger partial charge on any atom is 0.209 e. The van der Waals surface area contributed by atoms with Gasteiger partial charge in [0.1, 0.15) is 17.5 Å². The van der Waals surface area contributed by atoms with E-state index in [9.17, 15) is 18.0 Å². The number of aryl methyl sites for hydroxylation is 1. The highest BCUT2D eigenvalue weighted by atomic mass is 32.1. The van der Waals surface area contributed by atoms with Crippen LogP contribution < -0.4 is 0 Å². The molecular weight excluding hydrogens is 261 g/mol. The highest BCUT2D eigenvalue weighted by molar-refractivity contribution is 7.12. The number of thiophene rings is 1. The largest absolute Gasteiger partial charge is 0.287 e. The Labute approximate surface area is 106 Å². The molecule has 94 valence electrons. The normalized spacial score (nSPS) is 10.7. The molecule has 0 fully saturated rings. The summed E-state index contributed by atoms with van der Waals surface area (Å²) in [6.45, 7) is 1.84. The fraction of sp³-hybridized carbons (Fsp3) is 0.154. The zero-order valence-electron chi connectivity index (χ0n) is 9.47. The third kappa shape index (κ3) is 2.18. The minimum atomic E-state index is -1.17. The van der Waals surface area contributed by atoms with Crippen LogP contribution in [0.1, 0.15) is 27.7 Å². The van der Waals surface area contributed by atoms with Gasteiger partial charge >= 0.3 is 0 Å². The summed E-state index contributed by atoms with van der Waals surface area (Å²) in [4.78, 5) is 12.3. The van der Waals surface area contributed by atoms with Crippen LogP contribution in [-0.2, 0) is 6.42 Å². The second kappa shape index (κ2) is 4.94. The van der Waals surface area contributed by atoms with E-state index < -0.39 is 28.8 Å². The van der Waals surface area contributed by atoms with Crippen LogP contribution in [-0.4, -0.2) is 5.78 Å². The molecule has 1 heterocycles. The Kier molecular flexibility index (Phi) is 3.52. The number of carbonyl (C=O) groups is 1. The Morgan fingerprint density at radius 2 is 1.83 bits per heavy atom. The van der Waals surface area contributed by atoms with Crippen molar-refractivity contribution >= 4 is 17.1 Å². The number of hydrogen-bond acceptors (Lipinski definition) is 2. The number of carbonyl (C=O) groups excluding carboxylic acids is 1. The van der Waals surface area contributed by atoms with Gasteiger partial charge in [-0.25, -0.2) is 13.2 Å². The Bertz CT molecular complexity index is 581. The maximum absolute atomic E-state index is 13.5. The van der Waals surface area contributed by atoms with E-state index in [1.54, 1.807) is 11.4 Å². The Hall–Kier alpha value is -1.62. The zero-order valence-corrected chi connectivity index (χ0v) is 10.3. The van der Waals surface area contributed by atoms with E-state index in [1.165, 1.54) is 0 Å². The molecule has 0 saturated heterocycles. The number of benzene rings is 1. The van der Waals surface area contributed by atoms with Crippen molar-refractivity contribution in [1.82, 2.24) is 0 Å². The molecule has 1 nitrogen and oxygen atoms in total. The molecule has 0 aliphatic heterocycles. The zero-order chi connectivity index (χ0) is 13.3. The summed E-state index contributed by atoms with van der Waals surface area (Å²) >= 11 is 1.12. The molecule has 0 atom stereocenters. The monoisotopic (exact) mass is 270 g/mol. The molecule has 0 spiro atoms. The molecule has 5 heteroatoms. The molecule has 1 aromatic heterocycles. The van der Waals surface area contributed by atoms with Crippen molar-refractivity contribution in [2.75, 3.05) is 0 Å². The van der Waals surface area contributed by atoms with Crippen molar-refractivity contribution in [1.29, 1.82) is 0 Å². The first kappa shape index (κ1) is 12.8. The minimum absolute atomic E-state index is 0.293. The molecular formula is C13H9F3OS. The number of ketones is 1. The topological polar surface area (TPSA) is 17.1 Å². The van der Waals surface area contributed by atoms with E-state index in [-0.39, 0.29) is 0 Å². The second-order valence-corrected chi connectivity index (χ2v) is 4.62. The minimum Gasteiger partial charge on any atom is -0.287 e. The summed E-state index contributed by atoms with van der Waals surface area (Å²) < 4.78 is 39.8. The molecule has 1 aromatic carbocycles. The first-order chi connectivity index (χ1) is 8.54. The molecule has 0 saturated carbocycles. The molecule has 2 rings (SSSR count). The van der Waals surface area contributed by atoms with Crippen molar-refractivity contribution in [2.45, 2.75) is 13.3 Å². The summed E-state index contributed by atoms with van der Waals surface area (Å²) in [7, 11) is 0. The van der Waals surface area contributed by atoms with Crippen LogP contribution in [0.3, 0.4) is 0 Å². The average Bonchev–Trinajstić information content (AvgIpc) is 2.75. The van der Waals surface area contributed by atoms with E-state index in [4.69, 9.17) is 0 Å². The molecule has 0 bridgehead atoms. The smallest absolute Gasteiger partial charge is 0.209 e. The van der Waals surface area contributed by atoms with Crippen molar-refractivity contribution in [3.05, 3.63) is 57.0 Å². The van der Waals surface area contributed by atoms with Gasteiger partial charge in [-0.05, 0) is 23.4 Å². The lowest BCUT2D eigenvalue weighted by Gasteiger charge is -2.04. The van der Waals surface area contributed by atoms with Gasteiger partial charge in [0.2, 0.25) is 5.78 Å². The highest BCUT2D eigenvalue weighted by Gasteiger charge is 2.23. The van der Waals surface area contributed by atoms with E-state index in [0.29, 0.717) is 23.4 Å². The van der Waals surface area contributed by atoms with Crippen LogP contribution in [0.2, 0.25) is 0 Å². The highest BCUT2D eigenvalue weighted by Crippen LogP contribution is 2.24. The molecule has 2 aromatic rings. The van der Waals surface area contributed by atoms with Crippen LogP contribution in [0.25, 0.3) is 0 Å². The van der Waals surface area contributed by atoms with Gasteiger partial charge in [0, 0.05) is 12.1 Å². The average molecular weight is 270 g/mol. The lowest BCUT2D eigenvalue weighted by molar-refractivity contribution is 0.103. The van der Waals surface area contributed by atoms with Gasteiger partial charge in [-0.2, -0.15) is 0 Å². The van der Waals surface area contributed by atoms with Gasteiger partial charge < -0.3 is 0 Å². The lowest BCUT2D eigenvalue weighted by atomic mass is 10.0. The van der Waals surface area contributed by atoms with Crippen molar-refractivity contribution < 1.29 is 18.0 Å². The lowest BCUT2D eigenvalue weighted by Crippen LogP contribution is -2.08. The fourth-order valence-electron chi connectivity index (χ4n) is 1.69. The molecule has 0 aliphatic rings. The number of hydrogen-bond donors (Lipinski definition) is 0. The van der Waals surface area contributed by atoms with E-state index in [2.05, 4.69) is 0 Å². The summed E-state index contributed by atoms with van der Waals surface area (Å²) in [6, 6.07) is 2.75. The van der Waals surface area contributed by atoms with Crippen LogP contribution in [0, 0.1) is 17.5 Å². The summed E-state index contributed by atoms with van der Waals surface area (Å²) in [5.74, 6) is -4.12. The molecule has 0 radical (unpaired) electrons. The van der Waals surface area contributed by atoms with Gasteiger partial charge in [-0.1, -0.05) is 6.92 Å². The van der Waals surface area contributed by atoms with Crippen molar-refractivity contribution in [3.63, 3.8) is 0 Å². The van der Waals surface area contributed by atoms with Gasteiger partial charge in [-0.3, -0.25) is 4.79 Å². The van der Waals surface area contributed by atoms with Crippen LogP contribution in [0.15, 0.2) is 23.6 Å². The fourth-order valence-corrected chi connectivity index (χ4v) is 2.63. The number of rotatable bonds is 3. The van der Waals surface area contributed by atoms with Gasteiger partial charge in [0.15, 0.2) is 0 Å². The molecule has 18 heavy (non-hydrogen) atoms. The summed E-state index contributed by atoms with van der Waals surface area (Å²) in [5.41, 5.74) is 0.0293. The first-order valence-electron chi connectivity index (χ1n) is 5.30. The van der Waals surface area contributed by atoms with Crippen molar-refractivity contribution in [2.24, 2.45) is 0 Å². The Morgan fingerprint density at radius 1 is 1.22 bits per heavy atom. The number of halogens is 3. The second-order valence-electron chi connectivity index (χ2n) is 3.70. The van der Waals surface area contributed by atoms with Crippen LogP contribution >= 0.6 is 11.3 Å². The molecule has 0 aliphatic carbocycles. The molecule has 0 N–H and O–H groups in total. The Morgan fingerprint density at radius 3 is 2.39 bits per heavy atom. The molecule has 0 amide bonds. The van der Waals surface area contributed by atoms with E-state index in [1.807, 2.05) is 6.92 Å². The summed E-state index contributed by atoms with van der Waals surface area (Å²) in [6.07, 6.45) is 0.592. The predicted octanol–water partition coefficient (Wildman–Crippen LogP) is 3.96. The maximum atomic E-state index is 13.5. The van der Waals surface area contributed by atoms with Gasteiger partial charge in [-0.15, -0.1) is 11.3 Å². The van der Waals surface area contributed by atoms with E-state index >= 15 is 0 Å². The quantitative estimate of drug-likeness (QED) is 0.771. The predicted molar refractivity (Wildman–Crippen MR) is 63.4 cm³/mol. The third-order valence-corrected chi connectivity index (χ3v) is 3.52.